The molecule has 2 saturated heterocycles. The van der Waals surface area contributed by atoms with Gasteiger partial charge in [-0.25, -0.2) is 9.97 Å². The van der Waals surface area contributed by atoms with Crippen LogP contribution in [0, 0.1) is 6.92 Å². The summed E-state index contributed by atoms with van der Waals surface area (Å²) in [5, 5.41) is 2.26. The Morgan fingerprint density at radius 2 is 1.34 bits per heavy atom. The molecule has 0 bridgehead atoms. The molecule has 0 saturated carbocycles. The molecule has 7 heteroatoms. The molecular formula is C25H30N6O. The van der Waals surface area contributed by atoms with Crippen molar-refractivity contribution in [2.24, 2.45) is 0 Å². The van der Waals surface area contributed by atoms with Gasteiger partial charge >= 0.3 is 0 Å². The quantitative estimate of drug-likeness (QED) is 0.637. The highest BCUT2D eigenvalue weighted by atomic mass is 16.2. The summed E-state index contributed by atoms with van der Waals surface area (Å²) in [5.41, 5.74) is 0.757. The molecular weight excluding hydrogens is 400 g/mol. The van der Waals surface area contributed by atoms with Crippen LogP contribution in [0.4, 0.5) is 11.6 Å². The van der Waals surface area contributed by atoms with Gasteiger partial charge < -0.3 is 19.6 Å². The highest BCUT2D eigenvalue weighted by Gasteiger charge is 2.24. The third-order valence-corrected chi connectivity index (χ3v) is 6.53. The molecule has 2 fully saturated rings. The van der Waals surface area contributed by atoms with Gasteiger partial charge in [0.2, 0.25) is 0 Å². The number of likely N-dealkylation sites (N-methyl/N-ethyl adjacent to an activating group) is 1. The number of amides is 1. The van der Waals surface area contributed by atoms with Gasteiger partial charge in [-0.1, -0.05) is 30.3 Å². The van der Waals surface area contributed by atoms with E-state index in [1.54, 1.807) is 0 Å². The predicted molar refractivity (Wildman–Crippen MR) is 129 cm³/mol. The molecule has 2 aliphatic heterocycles. The van der Waals surface area contributed by atoms with Gasteiger partial charge in [0.25, 0.3) is 5.91 Å². The van der Waals surface area contributed by atoms with Gasteiger partial charge in [0.05, 0.1) is 0 Å². The van der Waals surface area contributed by atoms with E-state index < -0.39 is 0 Å². The van der Waals surface area contributed by atoms with Gasteiger partial charge in [0.1, 0.15) is 17.5 Å². The molecule has 5 rings (SSSR count). The lowest BCUT2D eigenvalue weighted by Gasteiger charge is -2.37. The second-order valence-corrected chi connectivity index (χ2v) is 8.76. The molecule has 3 heterocycles. The van der Waals surface area contributed by atoms with E-state index in [9.17, 15) is 4.79 Å². The van der Waals surface area contributed by atoms with Crippen LogP contribution in [0.3, 0.4) is 0 Å². The SMILES string of the molecule is Cc1nc(N2CCN(C)CC2)cc(N2CCN(C(=O)c3ccc4ccccc4c3)CC2)n1. The first-order chi connectivity index (χ1) is 15.6. The van der Waals surface area contributed by atoms with E-state index in [0.717, 1.165) is 73.1 Å². The number of carbonyl (C=O) groups is 1. The van der Waals surface area contributed by atoms with Crippen molar-refractivity contribution in [3.63, 3.8) is 0 Å². The second-order valence-electron chi connectivity index (χ2n) is 8.76. The Hall–Kier alpha value is -3.19. The Bertz CT molecular complexity index is 1120. The Balaban J connectivity index is 1.26. The predicted octanol–water partition coefficient (Wildman–Crippen LogP) is 2.65. The summed E-state index contributed by atoms with van der Waals surface area (Å²) in [5.74, 6) is 2.87. The summed E-state index contributed by atoms with van der Waals surface area (Å²) in [6.45, 7) is 8.97. The number of carbonyl (C=O) groups excluding carboxylic acids is 1. The number of aryl methyl sites for hydroxylation is 1. The fourth-order valence-electron chi connectivity index (χ4n) is 4.54. The molecule has 2 aliphatic rings. The number of nitrogens with zero attached hydrogens (tertiary/aromatic N) is 6. The fourth-order valence-corrected chi connectivity index (χ4v) is 4.54. The van der Waals surface area contributed by atoms with Crippen LogP contribution in [0.15, 0.2) is 48.5 Å². The van der Waals surface area contributed by atoms with Gasteiger partial charge in [0, 0.05) is 64.0 Å². The third-order valence-electron chi connectivity index (χ3n) is 6.53. The Kier molecular flexibility index (Phi) is 5.66. The summed E-state index contributed by atoms with van der Waals surface area (Å²) in [4.78, 5) is 31.4. The maximum absolute atomic E-state index is 13.1. The van der Waals surface area contributed by atoms with E-state index >= 15 is 0 Å². The van der Waals surface area contributed by atoms with Crippen molar-refractivity contribution < 1.29 is 4.79 Å². The smallest absolute Gasteiger partial charge is 0.253 e. The van der Waals surface area contributed by atoms with Crippen molar-refractivity contribution in [2.45, 2.75) is 6.92 Å². The van der Waals surface area contributed by atoms with Crippen LogP contribution in [-0.4, -0.2) is 85.1 Å². The van der Waals surface area contributed by atoms with Crippen molar-refractivity contribution in [3.8, 4) is 0 Å². The van der Waals surface area contributed by atoms with E-state index in [1.807, 2.05) is 42.2 Å². The number of benzene rings is 2. The first-order valence-corrected chi connectivity index (χ1v) is 11.4. The molecule has 0 aliphatic carbocycles. The normalized spacial score (nSPS) is 17.8. The Labute approximate surface area is 189 Å². The van der Waals surface area contributed by atoms with Crippen LogP contribution in [0.2, 0.25) is 0 Å². The van der Waals surface area contributed by atoms with Gasteiger partial charge in [-0.15, -0.1) is 0 Å². The van der Waals surface area contributed by atoms with Gasteiger partial charge in [-0.05, 0) is 36.9 Å². The summed E-state index contributed by atoms with van der Waals surface area (Å²) >= 11 is 0. The average Bonchev–Trinajstić information content (AvgIpc) is 2.83. The maximum atomic E-state index is 13.1. The zero-order valence-corrected chi connectivity index (χ0v) is 18.9. The lowest BCUT2D eigenvalue weighted by molar-refractivity contribution is 0.0746. The monoisotopic (exact) mass is 430 g/mol. The topological polar surface area (TPSA) is 55.8 Å². The van der Waals surface area contributed by atoms with E-state index in [0.29, 0.717) is 13.1 Å². The minimum Gasteiger partial charge on any atom is -0.354 e. The van der Waals surface area contributed by atoms with Crippen LogP contribution in [0.25, 0.3) is 10.8 Å². The summed E-state index contributed by atoms with van der Waals surface area (Å²) in [6.07, 6.45) is 0. The molecule has 7 nitrogen and oxygen atoms in total. The Morgan fingerprint density at radius 3 is 2.00 bits per heavy atom. The van der Waals surface area contributed by atoms with Crippen molar-refractivity contribution in [2.75, 3.05) is 69.2 Å². The van der Waals surface area contributed by atoms with Gasteiger partial charge in [-0.2, -0.15) is 0 Å². The van der Waals surface area contributed by atoms with E-state index in [-0.39, 0.29) is 5.91 Å². The largest absolute Gasteiger partial charge is 0.354 e. The van der Waals surface area contributed by atoms with E-state index in [2.05, 4.69) is 39.9 Å². The molecule has 3 aromatic rings. The molecule has 0 N–H and O–H groups in total. The lowest BCUT2D eigenvalue weighted by atomic mass is 10.1. The number of anilines is 2. The Morgan fingerprint density at radius 1 is 0.750 bits per heavy atom. The molecule has 1 aromatic heterocycles. The number of fused-ring (bicyclic) bond motifs is 1. The molecule has 0 unspecified atom stereocenters. The van der Waals surface area contributed by atoms with Crippen LogP contribution in [0.5, 0.6) is 0 Å². The van der Waals surface area contributed by atoms with Gasteiger partial charge in [-0.3, -0.25) is 4.79 Å². The maximum Gasteiger partial charge on any atom is 0.253 e. The van der Waals surface area contributed by atoms with Crippen molar-refractivity contribution >= 4 is 28.3 Å². The van der Waals surface area contributed by atoms with Crippen molar-refractivity contribution in [1.82, 2.24) is 19.8 Å². The van der Waals surface area contributed by atoms with Crippen molar-refractivity contribution in [3.05, 3.63) is 59.9 Å². The van der Waals surface area contributed by atoms with Crippen LogP contribution in [0.1, 0.15) is 16.2 Å². The van der Waals surface area contributed by atoms with Crippen molar-refractivity contribution in [1.29, 1.82) is 0 Å². The molecule has 0 radical (unpaired) electrons. The first kappa shape index (κ1) is 20.7. The minimum absolute atomic E-state index is 0.104. The fraction of sp³-hybridized carbons (Fsp3) is 0.400. The van der Waals surface area contributed by atoms with E-state index in [4.69, 9.17) is 9.97 Å². The van der Waals surface area contributed by atoms with Gasteiger partial charge in [0.15, 0.2) is 0 Å². The average molecular weight is 431 g/mol. The van der Waals surface area contributed by atoms with Crippen LogP contribution in [-0.2, 0) is 0 Å². The summed E-state index contributed by atoms with van der Waals surface area (Å²) in [7, 11) is 2.16. The minimum atomic E-state index is 0.104. The number of hydrogen-bond donors (Lipinski definition) is 0. The number of hydrogen-bond acceptors (Lipinski definition) is 6. The highest BCUT2D eigenvalue weighted by Crippen LogP contribution is 2.23. The first-order valence-electron chi connectivity index (χ1n) is 11.4. The summed E-state index contributed by atoms with van der Waals surface area (Å²) in [6, 6.07) is 16.2. The number of rotatable bonds is 3. The lowest BCUT2D eigenvalue weighted by Crippen LogP contribution is -2.49. The standard InChI is InChI=1S/C25H30N6O/c1-19-26-23(29-11-9-28(2)10-12-29)18-24(27-19)30-13-15-31(16-14-30)25(32)22-8-7-20-5-3-4-6-21(20)17-22/h3-8,17-18H,9-16H2,1-2H3. The van der Waals surface area contributed by atoms with E-state index in [1.165, 1.54) is 0 Å². The molecule has 2 aromatic carbocycles. The molecule has 0 atom stereocenters. The second kappa shape index (κ2) is 8.74. The molecule has 0 spiro atoms. The highest BCUT2D eigenvalue weighted by molar-refractivity contribution is 5.98. The number of piperazine rings is 2. The van der Waals surface area contributed by atoms with Crippen LogP contribution < -0.4 is 9.80 Å². The third kappa shape index (κ3) is 4.25. The zero-order chi connectivity index (χ0) is 22.1. The van der Waals surface area contributed by atoms with Crippen LogP contribution >= 0.6 is 0 Å². The molecule has 1 amide bonds. The molecule has 32 heavy (non-hydrogen) atoms. The summed E-state index contributed by atoms with van der Waals surface area (Å²) < 4.78 is 0. The zero-order valence-electron chi connectivity index (χ0n) is 18.9. The molecule has 166 valence electrons. The number of aromatic nitrogens is 2.